The van der Waals surface area contributed by atoms with Crippen LogP contribution in [0.1, 0.15) is 18.1 Å². The third-order valence-corrected chi connectivity index (χ3v) is 7.66. The van der Waals surface area contributed by atoms with E-state index in [9.17, 15) is 18.8 Å². The van der Waals surface area contributed by atoms with Crippen LogP contribution in [0.5, 0.6) is 11.5 Å². The molecule has 12 heteroatoms. The van der Waals surface area contributed by atoms with E-state index >= 15 is 0 Å². The van der Waals surface area contributed by atoms with E-state index in [2.05, 4.69) is 21.2 Å². The Labute approximate surface area is 246 Å². The minimum atomic E-state index is -0.607. The van der Waals surface area contributed by atoms with Crippen molar-refractivity contribution < 1.29 is 28.2 Å². The number of carbonyl (C=O) groups excluding carboxylic acids is 3. The molecule has 0 saturated carbocycles. The lowest BCUT2D eigenvalue weighted by Crippen LogP contribution is -2.36. The van der Waals surface area contributed by atoms with E-state index in [0.29, 0.717) is 43.9 Å². The predicted molar refractivity (Wildman–Crippen MR) is 154 cm³/mol. The number of hydrogen-bond donors (Lipinski definition) is 1. The van der Waals surface area contributed by atoms with Crippen LogP contribution >= 0.6 is 50.9 Å². The van der Waals surface area contributed by atoms with Crippen LogP contribution in [0, 0.1) is 5.82 Å². The number of nitrogens with one attached hydrogen (secondary N) is 1. The number of ether oxygens (including phenoxy) is 2. The van der Waals surface area contributed by atoms with Gasteiger partial charge in [0.2, 0.25) is 5.91 Å². The van der Waals surface area contributed by atoms with Gasteiger partial charge in [-0.3, -0.25) is 19.3 Å². The molecule has 0 bridgehead atoms. The summed E-state index contributed by atoms with van der Waals surface area (Å²) in [5.41, 5.74) is 1.73. The Balaban J connectivity index is 1.49. The second-order valence-electron chi connectivity index (χ2n) is 8.11. The van der Waals surface area contributed by atoms with Crippen molar-refractivity contribution in [3.63, 3.8) is 0 Å². The van der Waals surface area contributed by atoms with Gasteiger partial charge in [0, 0.05) is 10.2 Å². The fraction of sp³-hybridized carbons (Fsp3) is 0.148. The van der Waals surface area contributed by atoms with E-state index in [4.69, 9.17) is 32.7 Å². The maximum Gasteiger partial charge on any atom is 0.294 e. The summed E-state index contributed by atoms with van der Waals surface area (Å²) in [5.74, 6) is -0.756. The Kier molecular flexibility index (Phi) is 9.55. The first-order valence-corrected chi connectivity index (χ1v) is 13.8. The van der Waals surface area contributed by atoms with Gasteiger partial charge in [-0.1, -0.05) is 45.2 Å². The summed E-state index contributed by atoms with van der Waals surface area (Å²) >= 11 is 16.3. The predicted octanol–water partition coefficient (Wildman–Crippen LogP) is 7.55. The molecular formula is C27H20BrCl2FN2O5S. The van der Waals surface area contributed by atoms with Gasteiger partial charge in [0.25, 0.3) is 11.1 Å². The molecule has 1 heterocycles. The Bertz CT molecular complexity index is 1470. The molecule has 0 radical (unpaired) electrons. The van der Waals surface area contributed by atoms with E-state index in [0.717, 1.165) is 22.2 Å². The van der Waals surface area contributed by atoms with Crippen molar-refractivity contribution in [2.45, 2.75) is 13.5 Å². The van der Waals surface area contributed by atoms with Crippen LogP contribution in [0.25, 0.3) is 6.08 Å². The maximum atomic E-state index is 13.1. The summed E-state index contributed by atoms with van der Waals surface area (Å²) < 4.78 is 25.4. The Morgan fingerprint density at radius 3 is 2.46 bits per heavy atom. The van der Waals surface area contributed by atoms with E-state index in [1.165, 1.54) is 30.3 Å². The number of benzene rings is 3. The maximum absolute atomic E-state index is 13.1. The van der Waals surface area contributed by atoms with E-state index < -0.39 is 29.4 Å². The van der Waals surface area contributed by atoms with Gasteiger partial charge in [-0.25, -0.2) is 4.39 Å². The summed E-state index contributed by atoms with van der Waals surface area (Å²) in [7, 11) is 0. The number of amides is 3. The van der Waals surface area contributed by atoms with Crippen molar-refractivity contribution in [1.29, 1.82) is 0 Å². The Morgan fingerprint density at radius 1 is 1.05 bits per heavy atom. The first-order chi connectivity index (χ1) is 18.6. The molecule has 0 unspecified atom stereocenters. The standard InChI is InChI=1S/C27H20BrCl2FN2O5S/c1-2-37-22-10-16(19(28)12-23(22)38-14-15-3-8-20(29)21(30)9-15)11-24-26(35)33(27(36)39-24)13-25(34)32-18-6-4-17(31)5-7-18/h3-12H,2,13-14H2,1H3,(H,32,34)/b24-11-. The molecule has 202 valence electrons. The average molecular weight is 654 g/mol. The monoisotopic (exact) mass is 652 g/mol. The highest BCUT2D eigenvalue weighted by Crippen LogP contribution is 2.38. The molecule has 3 aromatic carbocycles. The summed E-state index contributed by atoms with van der Waals surface area (Å²) in [6, 6.07) is 13.7. The van der Waals surface area contributed by atoms with Crippen LogP contribution in [0.3, 0.4) is 0 Å². The quantitative estimate of drug-likeness (QED) is 0.240. The molecule has 1 aliphatic heterocycles. The number of imide groups is 1. The van der Waals surface area contributed by atoms with Gasteiger partial charge < -0.3 is 14.8 Å². The van der Waals surface area contributed by atoms with Gasteiger partial charge in [-0.2, -0.15) is 0 Å². The lowest BCUT2D eigenvalue weighted by Gasteiger charge is -2.15. The molecule has 1 saturated heterocycles. The van der Waals surface area contributed by atoms with Crippen molar-refractivity contribution in [1.82, 2.24) is 4.90 Å². The van der Waals surface area contributed by atoms with Crippen LogP contribution in [-0.4, -0.2) is 35.1 Å². The van der Waals surface area contributed by atoms with E-state index in [1.54, 1.807) is 30.3 Å². The molecule has 1 aliphatic rings. The number of thioether (sulfide) groups is 1. The van der Waals surface area contributed by atoms with E-state index in [-0.39, 0.29) is 11.5 Å². The molecule has 4 rings (SSSR count). The van der Waals surface area contributed by atoms with Crippen molar-refractivity contribution >= 4 is 79.7 Å². The zero-order valence-electron chi connectivity index (χ0n) is 20.3. The van der Waals surface area contributed by atoms with Crippen molar-refractivity contribution in [3.8, 4) is 11.5 Å². The minimum Gasteiger partial charge on any atom is -0.490 e. The van der Waals surface area contributed by atoms with Gasteiger partial charge in [-0.15, -0.1) is 0 Å². The fourth-order valence-electron chi connectivity index (χ4n) is 3.49. The van der Waals surface area contributed by atoms with Crippen LogP contribution in [0.2, 0.25) is 10.0 Å². The number of nitrogens with zero attached hydrogens (tertiary/aromatic N) is 1. The number of anilines is 1. The molecule has 3 amide bonds. The Morgan fingerprint density at radius 2 is 1.77 bits per heavy atom. The molecule has 3 aromatic rings. The molecule has 0 aliphatic carbocycles. The van der Waals surface area contributed by atoms with Crippen LogP contribution in [0.4, 0.5) is 14.9 Å². The minimum absolute atomic E-state index is 0.141. The molecule has 1 fully saturated rings. The van der Waals surface area contributed by atoms with Crippen LogP contribution in [-0.2, 0) is 16.2 Å². The molecule has 0 atom stereocenters. The van der Waals surface area contributed by atoms with Crippen molar-refractivity contribution in [2.75, 3.05) is 18.5 Å². The lowest BCUT2D eigenvalue weighted by atomic mass is 10.1. The van der Waals surface area contributed by atoms with Crippen LogP contribution in [0.15, 0.2) is 64.0 Å². The number of carbonyl (C=O) groups is 3. The Hall–Kier alpha value is -3.05. The van der Waals surface area contributed by atoms with Gasteiger partial charge in [0.1, 0.15) is 19.0 Å². The second kappa shape index (κ2) is 12.9. The third kappa shape index (κ3) is 7.33. The second-order valence-corrected chi connectivity index (χ2v) is 10.8. The molecule has 0 aromatic heterocycles. The van der Waals surface area contributed by atoms with E-state index in [1.807, 2.05) is 6.92 Å². The highest BCUT2D eigenvalue weighted by atomic mass is 79.9. The first-order valence-electron chi connectivity index (χ1n) is 11.5. The van der Waals surface area contributed by atoms with Gasteiger partial charge in [-0.05, 0) is 84.4 Å². The molecule has 7 nitrogen and oxygen atoms in total. The molecule has 39 heavy (non-hydrogen) atoms. The average Bonchev–Trinajstić information content (AvgIpc) is 3.15. The SMILES string of the molecule is CCOc1cc(/C=C2\SC(=O)N(CC(=O)Nc3ccc(F)cc3)C2=O)c(Br)cc1OCc1ccc(Cl)c(Cl)c1. The van der Waals surface area contributed by atoms with Crippen LogP contribution < -0.4 is 14.8 Å². The molecular weight excluding hydrogens is 634 g/mol. The fourth-order valence-corrected chi connectivity index (χ4v) is 5.07. The normalized spacial score (nSPS) is 14.2. The van der Waals surface area contributed by atoms with Gasteiger partial charge in [0.05, 0.1) is 21.6 Å². The summed E-state index contributed by atoms with van der Waals surface area (Å²) in [4.78, 5) is 38.8. The largest absolute Gasteiger partial charge is 0.490 e. The zero-order chi connectivity index (χ0) is 28.1. The molecule has 0 spiro atoms. The first kappa shape index (κ1) is 28.9. The zero-order valence-corrected chi connectivity index (χ0v) is 24.2. The summed E-state index contributed by atoms with van der Waals surface area (Å²) in [5, 5.41) is 2.82. The van der Waals surface area contributed by atoms with Gasteiger partial charge >= 0.3 is 0 Å². The van der Waals surface area contributed by atoms with Crippen molar-refractivity contribution in [3.05, 3.63) is 91.0 Å². The summed E-state index contributed by atoms with van der Waals surface area (Å²) in [6.45, 7) is 1.92. The number of halogens is 4. The highest BCUT2D eigenvalue weighted by Gasteiger charge is 2.36. The van der Waals surface area contributed by atoms with Gasteiger partial charge in [0.15, 0.2) is 11.5 Å². The number of rotatable bonds is 9. The summed E-state index contributed by atoms with van der Waals surface area (Å²) in [6.07, 6.45) is 1.54. The lowest BCUT2D eigenvalue weighted by molar-refractivity contribution is -0.127. The third-order valence-electron chi connectivity index (χ3n) is 5.33. The van der Waals surface area contributed by atoms with Crippen molar-refractivity contribution in [2.24, 2.45) is 0 Å². The smallest absolute Gasteiger partial charge is 0.294 e. The molecule has 1 N–H and O–H groups in total. The number of hydrogen-bond acceptors (Lipinski definition) is 6. The topological polar surface area (TPSA) is 84.9 Å². The highest BCUT2D eigenvalue weighted by molar-refractivity contribution is 9.10.